The molecule has 122 valence electrons. The second kappa shape index (κ2) is 6.44. The fourth-order valence-electron chi connectivity index (χ4n) is 3.42. The van der Waals surface area contributed by atoms with E-state index in [1.54, 1.807) is 18.2 Å². The predicted molar refractivity (Wildman–Crippen MR) is 91.2 cm³/mol. The highest BCUT2D eigenvalue weighted by Crippen LogP contribution is 2.35. The van der Waals surface area contributed by atoms with Crippen molar-refractivity contribution in [3.05, 3.63) is 69.4 Å². The average molecular weight is 332 g/mol. The number of allylic oxidation sites excluding steroid dienone is 5. The summed E-state index contributed by atoms with van der Waals surface area (Å²) in [6, 6.07) is 6.29. The molecular weight excluding hydrogens is 311 g/mol. The van der Waals surface area contributed by atoms with Gasteiger partial charge in [-0.1, -0.05) is 23.8 Å². The van der Waals surface area contributed by atoms with Gasteiger partial charge in [0.15, 0.2) is 9.84 Å². The molecule has 0 bridgehead atoms. The molecule has 0 amide bonds. The Kier molecular flexibility index (Phi) is 4.53. The SMILES string of the molecule is CS(=O)(=O)C1=C(Cc2ccc(F)cc2)CC(=C2CCCC2)C=C1. The third-order valence-electron chi connectivity index (χ3n) is 4.58. The predicted octanol–water partition coefficient (Wildman–Crippen LogP) is 4.50. The van der Waals surface area contributed by atoms with Gasteiger partial charge in [0.1, 0.15) is 5.82 Å². The van der Waals surface area contributed by atoms with E-state index in [-0.39, 0.29) is 5.82 Å². The van der Waals surface area contributed by atoms with Crippen LogP contribution in [-0.2, 0) is 16.3 Å². The molecule has 0 radical (unpaired) electrons. The number of hydrogen-bond donors (Lipinski definition) is 0. The van der Waals surface area contributed by atoms with Crippen LogP contribution in [0.3, 0.4) is 0 Å². The third kappa shape index (κ3) is 3.81. The van der Waals surface area contributed by atoms with Crippen molar-refractivity contribution in [3.63, 3.8) is 0 Å². The van der Waals surface area contributed by atoms with Gasteiger partial charge < -0.3 is 0 Å². The monoisotopic (exact) mass is 332 g/mol. The normalized spacial score (nSPS) is 18.9. The Hall–Kier alpha value is -1.68. The van der Waals surface area contributed by atoms with Crippen molar-refractivity contribution in [2.75, 3.05) is 6.26 Å². The molecule has 0 saturated heterocycles. The van der Waals surface area contributed by atoms with E-state index in [2.05, 4.69) is 0 Å². The van der Waals surface area contributed by atoms with Gasteiger partial charge in [0, 0.05) is 6.26 Å². The van der Waals surface area contributed by atoms with Gasteiger partial charge in [-0.2, -0.15) is 0 Å². The van der Waals surface area contributed by atoms with Gasteiger partial charge in [-0.25, -0.2) is 12.8 Å². The molecule has 0 N–H and O–H groups in total. The molecule has 1 aromatic carbocycles. The minimum Gasteiger partial charge on any atom is -0.224 e. The first-order valence-corrected chi connectivity index (χ1v) is 9.88. The maximum atomic E-state index is 13.1. The summed E-state index contributed by atoms with van der Waals surface area (Å²) in [4.78, 5) is 0.421. The van der Waals surface area contributed by atoms with Crippen LogP contribution in [-0.4, -0.2) is 14.7 Å². The standard InChI is InChI=1S/C19H21FO2S/c1-23(21,22)19-11-8-16(15-4-2-3-5-15)13-17(19)12-14-6-9-18(20)10-7-14/h6-11H,2-5,12-13H2,1H3. The van der Waals surface area contributed by atoms with Crippen LogP contribution in [0.25, 0.3) is 0 Å². The lowest BCUT2D eigenvalue weighted by Crippen LogP contribution is -2.09. The van der Waals surface area contributed by atoms with Crippen molar-refractivity contribution < 1.29 is 12.8 Å². The Morgan fingerprint density at radius 3 is 2.30 bits per heavy atom. The van der Waals surface area contributed by atoms with Crippen LogP contribution in [0.4, 0.5) is 4.39 Å². The van der Waals surface area contributed by atoms with Gasteiger partial charge >= 0.3 is 0 Å². The molecule has 0 aromatic heterocycles. The molecule has 23 heavy (non-hydrogen) atoms. The molecule has 0 atom stereocenters. The van der Waals surface area contributed by atoms with E-state index in [0.717, 1.165) is 24.0 Å². The number of sulfone groups is 1. The zero-order valence-electron chi connectivity index (χ0n) is 13.3. The molecule has 1 aromatic rings. The first kappa shape index (κ1) is 16.2. The van der Waals surface area contributed by atoms with E-state index in [4.69, 9.17) is 0 Å². The van der Waals surface area contributed by atoms with Crippen LogP contribution in [0, 0.1) is 5.82 Å². The van der Waals surface area contributed by atoms with Crippen molar-refractivity contribution in [1.82, 2.24) is 0 Å². The smallest absolute Gasteiger partial charge is 0.175 e. The number of benzene rings is 1. The van der Waals surface area contributed by atoms with Crippen LogP contribution in [0.2, 0.25) is 0 Å². The molecule has 1 fully saturated rings. The van der Waals surface area contributed by atoms with E-state index >= 15 is 0 Å². The Labute approximate surface area is 137 Å². The fourth-order valence-corrected chi connectivity index (χ4v) is 4.40. The fraction of sp³-hybridized carbons (Fsp3) is 0.368. The molecule has 0 heterocycles. The van der Waals surface area contributed by atoms with Gasteiger partial charge in [0.2, 0.25) is 0 Å². The molecule has 0 aliphatic heterocycles. The number of rotatable bonds is 3. The van der Waals surface area contributed by atoms with Crippen LogP contribution in [0.1, 0.15) is 37.7 Å². The third-order valence-corrected chi connectivity index (χ3v) is 5.80. The van der Waals surface area contributed by atoms with E-state index in [9.17, 15) is 12.8 Å². The second-order valence-electron chi connectivity index (χ2n) is 6.39. The average Bonchev–Trinajstić information content (AvgIpc) is 3.03. The molecule has 0 spiro atoms. The maximum absolute atomic E-state index is 13.1. The lowest BCUT2D eigenvalue weighted by molar-refractivity contribution is 0.607. The molecule has 0 unspecified atom stereocenters. The van der Waals surface area contributed by atoms with Crippen molar-refractivity contribution in [2.24, 2.45) is 0 Å². The quantitative estimate of drug-likeness (QED) is 0.817. The van der Waals surface area contributed by atoms with Gasteiger partial charge in [-0.15, -0.1) is 0 Å². The Bertz CT molecular complexity index is 788. The van der Waals surface area contributed by atoms with Gasteiger partial charge in [-0.3, -0.25) is 0 Å². The van der Waals surface area contributed by atoms with E-state index in [0.29, 0.717) is 17.7 Å². The first-order valence-electron chi connectivity index (χ1n) is 7.99. The van der Waals surface area contributed by atoms with Crippen LogP contribution >= 0.6 is 0 Å². The molecule has 3 rings (SSSR count). The number of hydrogen-bond acceptors (Lipinski definition) is 2. The van der Waals surface area contributed by atoms with Crippen LogP contribution < -0.4 is 0 Å². The van der Waals surface area contributed by atoms with Crippen molar-refractivity contribution >= 4 is 9.84 Å². The molecule has 1 saturated carbocycles. The summed E-state index contributed by atoms with van der Waals surface area (Å²) in [6.45, 7) is 0. The first-order chi connectivity index (χ1) is 10.9. The topological polar surface area (TPSA) is 34.1 Å². The minimum atomic E-state index is -3.25. The van der Waals surface area contributed by atoms with Crippen molar-refractivity contribution in [3.8, 4) is 0 Å². The van der Waals surface area contributed by atoms with Crippen LogP contribution in [0.5, 0.6) is 0 Å². The van der Waals surface area contributed by atoms with Gasteiger partial charge in [0.05, 0.1) is 4.91 Å². The molecule has 2 nitrogen and oxygen atoms in total. The summed E-state index contributed by atoms with van der Waals surface area (Å²) >= 11 is 0. The molecular formula is C19H21FO2S. The number of halogens is 1. The minimum absolute atomic E-state index is 0.275. The summed E-state index contributed by atoms with van der Waals surface area (Å²) in [7, 11) is -3.25. The highest BCUT2D eigenvalue weighted by atomic mass is 32.2. The Morgan fingerprint density at radius 1 is 1.04 bits per heavy atom. The van der Waals surface area contributed by atoms with Crippen molar-refractivity contribution in [2.45, 2.75) is 38.5 Å². The molecule has 2 aliphatic rings. The maximum Gasteiger partial charge on any atom is 0.175 e. The van der Waals surface area contributed by atoms with E-state index in [1.807, 2.05) is 6.08 Å². The van der Waals surface area contributed by atoms with Gasteiger partial charge in [-0.05, 0) is 73.4 Å². The summed E-state index contributed by atoms with van der Waals surface area (Å²) in [5, 5.41) is 0. The Morgan fingerprint density at radius 2 is 1.70 bits per heavy atom. The van der Waals surface area contributed by atoms with E-state index < -0.39 is 9.84 Å². The highest BCUT2D eigenvalue weighted by molar-refractivity contribution is 7.94. The highest BCUT2D eigenvalue weighted by Gasteiger charge is 2.22. The summed E-state index contributed by atoms with van der Waals surface area (Å²) < 4.78 is 37.2. The molecule has 2 aliphatic carbocycles. The zero-order chi connectivity index (χ0) is 16.4. The zero-order valence-corrected chi connectivity index (χ0v) is 14.1. The molecule has 4 heteroatoms. The largest absolute Gasteiger partial charge is 0.224 e. The Balaban J connectivity index is 1.96. The lowest BCUT2D eigenvalue weighted by atomic mass is 9.91. The van der Waals surface area contributed by atoms with Crippen LogP contribution in [0.15, 0.2) is 58.0 Å². The van der Waals surface area contributed by atoms with Gasteiger partial charge in [0.25, 0.3) is 0 Å². The van der Waals surface area contributed by atoms with Crippen molar-refractivity contribution in [1.29, 1.82) is 0 Å². The summed E-state index contributed by atoms with van der Waals surface area (Å²) in [6.07, 6.45) is 10.9. The summed E-state index contributed by atoms with van der Waals surface area (Å²) in [5.41, 5.74) is 4.59. The van der Waals surface area contributed by atoms with E-state index in [1.165, 1.54) is 42.4 Å². The summed E-state index contributed by atoms with van der Waals surface area (Å²) in [5.74, 6) is -0.275. The second-order valence-corrected chi connectivity index (χ2v) is 8.37. The lowest BCUT2D eigenvalue weighted by Gasteiger charge is -2.19.